The fourth-order valence-electron chi connectivity index (χ4n) is 3.68. The van der Waals surface area contributed by atoms with Crippen molar-refractivity contribution in [2.75, 3.05) is 48.3 Å². The molecule has 1 saturated heterocycles. The summed E-state index contributed by atoms with van der Waals surface area (Å²) < 4.78 is 0. The molecular weight excluding hydrogens is 442 g/mol. The summed E-state index contributed by atoms with van der Waals surface area (Å²) in [6, 6.07) is 13.8. The van der Waals surface area contributed by atoms with E-state index in [0.717, 1.165) is 48.8 Å². The number of nitrogens with zero attached hydrogens (tertiary/aromatic N) is 4. The molecule has 0 atom stereocenters. The standard InChI is InChI=1S/C25H33N9O/c1-17(2)21-14-23(33-32-21)29-22-15-24(34-11-9-27-10-12-34)31-25(30-22)28-16-20(35-26)13-18(3)19-7-5-4-6-8-19/h4-8,13-15,17,27H,3,9-12,16,26H2,1-2H3,(H3,28,29,30,31,32,33)/b20-13-. The van der Waals surface area contributed by atoms with Gasteiger partial charge in [0.1, 0.15) is 17.4 Å². The number of nitrogens with one attached hydrogen (secondary N) is 4. The average molecular weight is 476 g/mol. The summed E-state index contributed by atoms with van der Waals surface area (Å²) in [4.78, 5) is 16.7. The monoisotopic (exact) mass is 475 g/mol. The number of hydrogen-bond acceptors (Lipinski definition) is 9. The topological polar surface area (TPSA) is 129 Å². The predicted octanol–water partition coefficient (Wildman–Crippen LogP) is 3.38. The van der Waals surface area contributed by atoms with Crippen molar-refractivity contribution in [3.05, 3.63) is 72.1 Å². The van der Waals surface area contributed by atoms with Crippen LogP contribution in [0.25, 0.3) is 5.57 Å². The van der Waals surface area contributed by atoms with E-state index in [1.807, 2.05) is 42.5 Å². The summed E-state index contributed by atoms with van der Waals surface area (Å²) in [7, 11) is 0. The van der Waals surface area contributed by atoms with Gasteiger partial charge in [0, 0.05) is 44.0 Å². The fraction of sp³-hybridized carbons (Fsp3) is 0.320. The Morgan fingerprint density at radius 1 is 1.17 bits per heavy atom. The highest BCUT2D eigenvalue weighted by Gasteiger charge is 2.16. The molecule has 184 valence electrons. The summed E-state index contributed by atoms with van der Waals surface area (Å²) in [5, 5.41) is 17.3. The molecule has 0 aliphatic carbocycles. The van der Waals surface area contributed by atoms with Crippen LogP contribution in [-0.2, 0) is 4.84 Å². The van der Waals surface area contributed by atoms with Gasteiger partial charge in [-0.1, -0.05) is 50.8 Å². The number of hydrogen-bond donors (Lipinski definition) is 5. The third kappa shape index (κ3) is 6.58. The maximum absolute atomic E-state index is 5.54. The zero-order valence-electron chi connectivity index (χ0n) is 20.2. The average Bonchev–Trinajstić information content (AvgIpc) is 3.36. The van der Waals surface area contributed by atoms with E-state index in [1.165, 1.54) is 0 Å². The lowest BCUT2D eigenvalue weighted by Gasteiger charge is -2.28. The molecule has 0 spiro atoms. The second-order valence-electron chi connectivity index (χ2n) is 8.63. The molecule has 1 aromatic carbocycles. The lowest BCUT2D eigenvalue weighted by Crippen LogP contribution is -2.44. The summed E-state index contributed by atoms with van der Waals surface area (Å²) in [5.74, 6) is 9.04. The van der Waals surface area contributed by atoms with Crippen LogP contribution in [0.4, 0.5) is 23.4 Å². The highest BCUT2D eigenvalue weighted by atomic mass is 16.6. The highest BCUT2D eigenvalue weighted by Crippen LogP contribution is 2.23. The van der Waals surface area contributed by atoms with E-state index in [4.69, 9.17) is 15.7 Å². The number of aromatic nitrogens is 4. The minimum atomic E-state index is 0.298. The zero-order chi connectivity index (χ0) is 24.6. The van der Waals surface area contributed by atoms with Crippen LogP contribution in [0.2, 0.25) is 0 Å². The SMILES string of the molecule is C=C(/C=C(/CNc1nc(Nc2cc(C(C)C)[nH]n2)cc(N2CCNCC2)n1)ON)c1ccccc1. The van der Waals surface area contributed by atoms with Gasteiger partial charge in [-0.05, 0) is 23.1 Å². The van der Waals surface area contributed by atoms with Gasteiger partial charge in [0.15, 0.2) is 5.82 Å². The minimum absolute atomic E-state index is 0.298. The first-order chi connectivity index (χ1) is 17.0. The molecule has 4 rings (SSSR count). The van der Waals surface area contributed by atoms with Gasteiger partial charge in [-0.3, -0.25) is 5.10 Å². The summed E-state index contributed by atoms with van der Waals surface area (Å²) in [6.07, 6.45) is 1.80. The largest absolute Gasteiger partial charge is 0.414 e. The second kappa shape index (κ2) is 11.5. The molecule has 0 bridgehead atoms. The molecule has 6 N–H and O–H groups in total. The Morgan fingerprint density at radius 2 is 1.94 bits per heavy atom. The minimum Gasteiger partial charge on any atom is -0.414 e. The van der Waals surface area contributed by atoms with Gasteiger partial charge in [0.05, 0.1) is 6.54 Å². The number of H-pyrrole nitrogens is 1. The maximum atomic E-state index is 5.54. The molecule has 2 aromatic heterocycles. The predicted molar refractivity (Wildman–Crippen MR) is 140 cm³/mol. The molecule has 10 nitrogen and oxygen atoms in total. The second-order valence-corrected chi connectivity index (χ2v) is 8.63. The first-order valence-corrected chi connectivity index (χ1v) is 11.7. The lowest BCUT2D eigenvalue weighted by molar-refractivity contribution is 0.220. The van der Waals surface area contributed by atoms with Crippen LogP contribution >= 0.6 is 0 Å². The Balaban J connectivity index is 1.53. The molecule has 0 amide bonds. The van der Waals surface area contributed by atoms with Gasteiger partial charge in [-0.15, -0.1) is 0 Å². The van der Waals surface area contributed by atoms with E-state index >= 15 is 0 Å². The molecule has 35 heavy (non-hydrogen) atoms. The Hall–Kier alpha value is -3.89. The summed E-state index contributed by atoms with van der Waals surface area (Å²) in [5.41, 5.74) is 2.84. The Labute approximate surface area is 205 Å². The van der Waals surface area contributed by atoms with Crippen LogP contribution in [0.3, 0.4) is 0 Å². The number of aromatic amines is 1. The third-order valence-electron chi connectivity index (χ3n) is 5.68. The first kappa shape index (κ1) is 24.2. The smallest absolute Gasteiger partial charge is 0.227 e. The van der Waals surface area contributed by atoms with Crippen LogP contribution in [-0.4, -0.2) is 52.9 Å². The van der Waals surface area contributed by atoms with Crippen molar-refractivity contribution in [1.82, 2.24) is 25.5 Å². The van der Waals surface area contributed by atoms with Crippen LogP contribution in [0, 0.1) is 0 Å². The van der Waals surface area contributed by atoms with Crippen LogP contribution < -0.4 is 26.7 Å². The number of allylic oxidation sites excluding steroid dienone is 2. The zero-order valence-corrected chi connectivity index (χ0v) is 20.2. The number of benzene rings is 1. The van der Waals surface area contributed by atoms with Crippen LogP contribution in [0.15, 0.2) is 60.9 Å². The molecule has 0 saturated carbocycles. The van der Waals surface area contributed by atoms with Gasteiger partial charge in [-0.2, -0.15) is 21.0 Å². The van der Waals surface area contributed by atoms with E-state index in [9.17, 15) is 0 Å². The van der Waals surface area contributed by atoms with Crippen molar-refractivity contribution in [3.8, 4) is 0 Å². The van der Waals surface area contributed by atoms with Gasteiger partial charge >= 0.3 is 0 Å². The number of anilines is 4. The van der Waals surface area contributed by atoms with Crippen molar-refractivity contribution < 1.29 is 4.84 Å². The van der Waals surface area contributed by atoms with Crippen molar-refractivity contribution in [1.29, 1.82) is 0 Å². The Bertz CT molecular complexity index is 1150. The van der Waals surface area contributed by atoms with Crippen LogP contribution in [0.1, 0.15) is 31.0 Å². The van der Waals surface area contributed by atoms with Gasteiger partial charge in [0.2, 0.25) is 5.95 Å². The van der Waals surface area contributed by atoms with Crippen molar-refractivity contribution in [3.63, 3.8) is 0 Å². The Morgan fingerprint density at radius 3 is 2.63 bits per heavy atom. The molecule has 10 heteroatoms. The van der Waals surface area contributed by atoms with E-state index in [1.54, 1.807) is 6.08 Å². The molecule has 1 aliphatic heterocycles. The van der Waals surface area contributed by atoms with E-state index in [2.05, 4.69) is 56.5 Å². The molecule has 0 radical (unpaired) electrons. The summed E-state index contributed by atoms with van der Waals surface area (Å²) >= 11 is 0. The third-order valence-corrected chi connectivity index (χ3v) is 5.68. The molecule has 3 heterocycles. The molecule has 3 aromatic rings. The normalized spacial score (nSPS) is 14.2. The van der Waals surface area contributed by atoms with Crippen molar-refractivity contribution >= 4 is 29.0 Å². The van der Waals surface area contributed by atoms with Gasteiger partial charge in [-0.25, -0.2) is 0 Å². The Kier molecular flexibility index (Phi) is 7.96. The molecule has 0 unspecified atom stereocenters. The first-order valence-electron chi connectivity index (χ1n) is 11.7. The summed E-state index contributed by atoms with van der Waals surface area (Å²) in [6.45, 7) is 12.2. The molecular formula is C25H33N9O. The number of rotatable bonds is 10. The molecule has 1 fully saturated rings. The highest BCUT2D eigenvalue weighted by molar-refractivity contribution is 5.72. The number of nitrogens with two attached hydrogens (primary N) is 1. The van der Waals surface area contributed by atoms with Gasteiger partial charge < -0.3 is 25.7 Å². The van der Waals surface area contributed by atoms with E-state index in [-0.39, 0.29) is 0 Å². The van der Waals surface area contributed by atoms with Crippen molar-refractivity contribution in [2.45, 2.75) is 19.8 Å². The van der Waals surface area contributed by atoms with E-state index in [0.29, 0.717) is 35.8 Å². The lowest BCUT2D eigenvalue weighted by atomic mass is 10.1. The van der Waals surface area contributed by atoms with Gasteiger partial charge in [0.25, 0.3) is 0 Å². The van der Waals surface area contributed by atoms with Crippen molar-refractivity contribution in [2.24, 2.45) is 5.90 Å². The quantitative estimate of drug-likeness (QED) is 0.170. The number of piperazine rings is 1. The maximum Gasteiger partial charge on any atom is 0.227 e. The van der Waals surface area contributed by atoms with E-state index < -0.39 is 0 Å². The fourth-order valence-corrected chi connectivity index (χ4v) is 3.68. The van der Waals surface area contributed by atoms with Crippen LogP contribution in [0.5, 0.6) is 0 Å². The molecule has 1 aliphatic rings.